The summed E-state index contributed by atoms with van der Waals surface area (Å²) in [5.41, 5.74) is 2.97. The van der Waals surface area contributed by atoms with E-state index in [9.17, 15) is 4.79 Å². The Morgan fingerprint density at radius 3 is 2.83 bits per heavy atom. The Morgan fingerprint density at radius 2 is 2.04 bits per heavy atom. The van der Waals surface area contributed by atoms with Gasteiger partial charge in [-0.2, -0.15) is 0 Å². The molecule has 2 heterocycles. The zero-order chi connectivity index (χ0) is 16.2. The smallest absolute Gasteiger partial charge is 0.225 e. The predicted molar refractivity (Wildman–Crippen MR) is 92.4 cm³/mol. The van der Waals surface area contributed by atoms with Crippen molar-refractivity contribution in [2.75, 3.05) is 6.61 Å². The molecule has 3 rings (SSSR count). The second kappa shape index (κ2) is 6.87. The molecule has 0 aliphatic carbocycles. The highest BCUT2D eigenvalue weighted by Crippen LogP contribution is 2.25. The average Bonchev–Trinajstić information content (AvgIpc) is 3.08. The van der Waals surface area contributed by atoms with E-state index >= 15 is 0 Å². The quantitative estimate of drug-likeness (QED) is 0.641. The highest BCUT2D eigenvalue weighted by Gasteiger charge is 2.14. The number of rotatable bonds is 6. The lowest BCUT2D eigenvalue weighted by Crippen LogP contribution is -2.14. The van der Waals surface area contributed by atoms with E-state index in [0.717, 1.165) is 39.7 Å². The van der Waals surface area contributed by atoms with Crippen molar-refractivity contribution in [3.63, 3.8) is 0 Å². The summed E-state index contributed by atoms with van der Waals surface area (Å²) in [5, 5.41) is 2.79. The van der Waals surface area contributed by atoms with Gasteiger partial charge in [0.05, 0.1) is 5.39 Å². The van der Waals surface area contributed by atoms with Gasteiger partial charge in [-0.15, -0.1) is 11.3 Å². The number of nitrogens with zero attached hydrogens (tertiary/aromatic N) is 2. The van der Waals surface area contributed by atoms with Gasteiger partial charge in [-0.05, 0) is 41.5 Å². The average molecular weight is 326 g/mol. The van der Waals surface area contributed by atoms with Gasteiger partial charge in [-0.25, -0.2) is 9.97 Å². The Labute approximate surface area is 139 Å². The first-order valence-electron chi connectivity index (χ1n) is 7.69. The molecule has 23 heavy (non-hydrogen) atoms. The molecule has 118 valence electrons. The second-order valence-corrected chi connectivity index (χ2v) is 6.12. The summed E-state index contributed by atoms with van der Waals surface area (Å²) in [5.74, 6) is 0.452. The summed E-state index contributed by atoms with van der Waals surface area (Å²) in [4.78, 5) is 21.8. The Morgan fingerprint density at radius 1 is 1.17 bits per heavy atom. The van der Waals surface area contributed by atoms with E-state index in [4.69, 9.17) is 4.74 Å². The van der Waals surface area contributed by atoms with Crippen LogP contribution in [0.4, 0.5) is 0 Å². The lowest BCUT2D eigenvalue weighted by Gasteiger charge is -2.10. The van der Waals surface area contributed by atoms with Gasteiger partial charge < -0.3 is 4.74 Å². The number of carbonyl (C=O) groups excluding carboxylic acids is 1. The molecule has 0 N–H and O–H groups in total. The van der Waals surface area contributed by atoms with Crippen molar-refractivity contribution in [1.29, 1.82) is 0 Å². The van der Waals surface area contributed by atoms with E-state index in [2.05, 4.69) is 29.9 Å². The molecule has 3 aromatic rings. The SMILES string of the molecule is CCc1ccc(CC)c(C(=O)COc2ncnc3sccc23)c1. The molecule has 2 aromatic heterocycles. The van der Waals surface area contributed by atoms with Gasteiger partial charge in [0.25, 0.3) is 0 Å². The molecule has 5 heteroatoms. The molecule has 0 bridgehead atoms. The summed E-state index contributed by atoms with van der Waals surface area (Å²) in [6.07, 6.45) is 3.20. The fraction of sp³-hybridized carbons (Fsp3) is 0.278. The molecule has 1 aromatic carbocycles. The topological polar surface area (TPSA) is 52.1 Å². The minimum Gasteiger partial charge on any atom is -0.469 e. The number of aromatic nitrogens is 2. The number of carbonyl (C=O) groups is 1. The monoisotopic (exact) mass is 326 g/mol. The molecule has 0 saturated carbocycles. The normalized spacial score (nSPS) is 10.9. The van der Waals surface area contributed by atoms with E-state index in [0.29, 0.717) is 5.88 Å². The first-order valence-corrected chi connectivity index (χ1v) is 8.56. The number of hydrogen-bond donors (Lipinski definition) is 0. The lowest BCUT2D eigenvalue weighted by molar-refractivity contribution is 0.0918. The van der Waals surface area contributed by atoms with Crippen LogP contribution in [0.25, 0.3) is 10.2 Å². The number of thiophene rings is 1. The van der Waals surface area contributed by atoms with E-state index < -0.39 is 0 Å². The molecule has 0 fully saturated rings. The summed E-state index contributed by atoms with van der Waals surface area (Å²) in [6, 6.07) is 8.00. The number of hydrogen-bond acceptors (Lipinski definition) is 5. The van der Waals surface area contributed by atoms with Gasteiger partial charge in [0.2, 0.25) is 11.7 Å². The predicted octanol–water partition coefficient (Wildman–Crippen LogP) is 4.08. The van der Waals surface area contributed by atoms with Crippen LogP contribution >= 0.6 is 11.3 Å². The molecule has 4 nitrogen and oxygen atoms in total. The number of aryl methyl sites for hydroxylation is 2. The van der Waals surface area contributed by atoms with E-state index in [1.807, 2.05) is 23.6 Å². The van der Waals surface area contributed by atoms with Crippen molar-refractivity contribution < 1.29 is 9.53 Å². The molecule has 0 amide bonds. The number of Topliss-reactive ketones (excluding diaryl/α,β-unsaturated/α-hetero) is 1. The largest absolute Gasteiger partial charge is 0.469 e. The third kappa shape index (κ3) is 3.24. The molecule has 0 unspecified atom stereocenters. The fourth-order valence-electron chi connectivity index (χ4n) is 2.51. The first kappa shape index (κ1) is 15.6. The van der Waals surface area contributed by atoms with Crippen LogP contribution in [-0.4, -0.2) is 22.4 Å². The maximum atomic E-state index is 12.6. The molecule has 0 saturated heterocycles. The number of ketones is 1. The van der Waals surface area contributed by atoms with Crippen LogP contribution in [-0.2, 0) is 12.8 Å². The zero-order valence-electron chi connectivity index (χ0n) is 13.2. The summed E-state index contributed by atoms with van der Waals surface area (Å²) in [6.45, 7) is 4.12. The van der Waals surface area contributed by atoms with Crippen LogP contribution in [0.5, 0.6) is 5.88 Å². The molecular formula is C18H18N2O2S. The summed E-state index contributed by atoms with van der Waals surface area (Å²) in [7, 11) is 0. The summed E-state index contributed by atoms with van der Waals surface area (Å²) >= 11 is 1.53. The highest BCUT2D eigenvalue weighted by atomic mass is 32.1. The standard InChI is InChI=1S/C18H18N2O2S/c1-3-12-5-6-13(4-2)15(9-12)16(21)10-22-17-14-7-8-23-18(14)20-11-19-17/h5-9,11H,3-4,10H2,1-2H3. The van der Waals surface area contributed by atoms with E-state index in [1.165, 1.54) is 17.7 Å². The lowest BCUT2D eigenvalue weighted by atomic mass is 9.98. The van der Waals surface area contributed by atoms with Crippen molar-refractivity contribution in [3.05, 3.63) is 52.7 Å². The van der Waals surface area contributed by atoms with Gasteiger partial charge in [0.15, 0.2) is 6.61 Å². The van der Waals surface area contributed by atoms with Crippen molar-refractivity contribution >= 4 is 27.3 Å². The third-order valence-electron chi connectivity index (χ3n) is 3.83. The van der Waals surface area contributed by atoms with Crippen molar-refractivity contribution in [2.45, 2.75) is 26.7 Å². The second-order valence-electron chi connectivity index (χ2n) is 5.23. The summed E-state index contributed by atoms with van der Waals surface area (Å²) < 4.78 is 5.67. The Kier molecular flexibility index (Phi) is 4.67. The third-order valence-corrected chi connectivity index (χ3v) is 4.65. The molecular weight excluding hydrogens is 308 g/mol. The minimum absolute atomic E-state index is 0.0118. The Balaban J connectivity index is 1.81. The zero-order valence-corrected chi connectivity index (χ0v) is 14.0. The molecule has 0 aliphatic heterocycles. The van der Waals surface area contributed by atoms with Gasteiger partial charge in [-0.1, -0.05) is 26.0 Å². The van der Waals surface area contributed by atoms with Crippen LogP contribution in [0.2, 0.25) is 0 Å². The number of ether oxygens (including phenoxy) is 1. The molecule has 0 atom stereocenters. The molecule has 0 spiro atoms. The van der Waals surface area contributed by atoms with Gasteiger partial charge >= 0.3 is 0 Å². The Bertz CT molecular complexity index is 842. The fourth-order valence-corrected chi connectivity index (χ4v) is 3.23. The Hall–Kier alpha value is -2.27. The van der Waals surface area contributed by atoms with Crippen LogP contribution in [0, 0.1) is 0 Å². The number of benzene rings is 1. The van der Waals surface area contributed by atoms with Crippen molar-refractivity contribution in [1.82, 2.24) is 9.97 Å². The minimum atomic E-state index is -0.0147. The number of fused-ring (bicyclic) bond motifs is 1. The van der Waals surface area contributed by atoms with Crippen molar-refractivity contribution in [2.24, 2.45) is 0 Å². The maximum absolute atomic E-state index is 12.6. The molecule has 0 aliphatic rings. The van der Waals surface area contributed by atoms with Gasteiger partial charge in [0, 0.05) is 5.56 Å². The van der Waals surface area contributed by atoms with Crippen molar-refractivity contribution in [3.8, 4) is 5.88 Å². The first-order chi connectivity index (χ1) is 11.2. The van der Waals surface area contributed by atoms with Crippen LogP contribution in [0.1, 0.15) is 35.3 Å². The van der Waals surface area contributed by atoms with Gasteiger partial charge in [-0.3, -0.25) is 4.79 Å². The van der Waals surface area contributed by atoms with Gasteiger partial charge in [0.1, 0.15) is 11.2 Å². The van der Waals surface area contributed by atoms with Crippen LogP contribution in [0.3, 0.4) is 0 Å². The molecule has 0 radical (unpaired) electrons. The van der Waals surface area contributed by atoms with E-state index in [-0.39, 0.29) is 12.4 Å². The van der Waals surface area contributed by atoms with Crippen LogP contribution in [0.15, 0.2) is 36.0 Å². The van der Waals surface area contributed by atoms with Crippen LogP contribution < -0.4 is 4.74 Å². The van der Waals surface area contributed by atoms with E-state index in [1.54, 1.807) is 0 Å². The maximum Gasteiger partial charge on any atom is 0.225 e. The highest BCUT2D eigenvalue weighted by molar-refractivity contribution is 7.16.